The number of aromatic amines is 1. The summed E-state index contributed by atoms with van der Waals surface area (Å²) in [5.74, 6) is 0.367. The van der Waals surface area contributed by atoms with E-state index in [0.29, 0.717) is 41.3 Å². The van der Waals surface area contributed by atoms with Crippen molar-refractivity contribution >= 4 is 5.65 Å². The summed E-state index contributed by atoms with van der Waals surface area (Å²) in [4.78, 5) is 28.4. The molecule has 0 saturated heterocycles. The summed E-state index contributed by atoms with van der Waals surface area (Å²) in [6, 6.07) is 24.8. The third kappa shape index (κ3) is 5.59. The highest BCUT2D eigenvalue weighted by molar-refractivity contribution is 5.80. The molecule has 0 aliphatic heterocycles. The Morgan fingerprint density at radius 3 is 2.34 bits per heavy atom. The van der Waals surface area contributed by atoms with E-state index in [1.807, 2.05) is 78.2 Å². The normalized spacial score (nSPS) is 12.8. The fraction of sp³-hybridized carbons (Fsp3) is 0.235. The molecule has 224 valence electrons. The average molecular weight is 592 g/mol. The van der Waals surface area contributed by atoms with E-state index in [1.165, 1.54) is 0 Å². The number of aromatic nitrogens is 5. The van der Waals surface area contributed by atoms with E-state index in [9.17, 15) is 14.7 Å². The van der Waals surface area contributed by atoms with Gasteiger partial charge in [0.05, 0.1) is 23.7 Å². The lowest BCUT2D eigenvalue weighted by Gasteiger charge is -2.19. The Kier molecular flexibility index (Phi) is 7.99. The van der Waals surface area contributed by atoms with E-state index in [-0.39, 0.29) is 11.7 Å². The Morgan fingerprint density at radius 1 is 0.955 bits per heavy atom. The number of aliphatic hydroxyl groups excluding tert-OH is 1. The van der Waals surface area contributed by atoms with Crippen LogP contribution >= 0.6 is 0 Å². The van der Waals surface area contributed by atoms with Crippen molar-refractivity contribution in [2.24, 2.45) is 0 Å². The first-order chi connectivity index (χ1) is 21.3. The van der Waals surface area contributed by atoms with Gasteiger partial charge in [-0.05, 0) is 61.2 Å². The zero-order chi connectivity index (χ0) is 30.8. The minimum absolute atomic E-state index is 0.100. The van der Waals surface area contributed by atoms with Gasteiger partial charge >= 0.3 is 5.76 Å². The second kappa shape index (κ2) is 12.2. The highest BCUT2D eigenvalue weighted by atomic mass is 16.5. The van der Waals surface area contributed by atoms with Gasteiger partial charge in [-0.3, -0.25) is 18.9 Å². The third-order valence-electron chi connectivity index (χ3n) is 7.77. The third-order valence-corrected chi connectivity index (χ3v) is 7.77. The van der Waals surface area contributed by atoms with Gasteiger partial charge in [0.15, 0.2) is 5.82 Å². The van der Waals surface area contributed by atoms with E-state index in [1.54, 1.807) is 29.8 Å². The van der Waals surface area contributed by atoms with Gasteiger partial charge in [0, 0.05) is 23.6 Å². The van der Waals surface area contributed by atoms with Gasteiger partial charge in [-0.25, -0.2) is 9.31 Å². The maximum Gasteiger partial charge on any atom is 0.439 e. The molecule has 3 aromatic carbocycles. The van der Waals surface area contributed by atoms with Crippen LogP contribution in [0.4, 0.5) is 0 Å². The quantitative estimate of drug-likeness (QED) is 0.225. The van der Waals surface area contributed by atoms with Crippen LogP contribution in [0.2, 0.25) is 0 Å². The molecule has 0 aliphatic rings. The molecule has 6 aromatic rings. The van der Waals surface area contributed by atoms with Crippen LogP contribution < -0.4 is 16.1 Å². The van der Waals surface area contributed by atoms with Crippen molar-refractivity contribution in [1.29, 1.82) is 0 Å². The number of benzene rings is 3. The number of H-pyrrole nitrogens is 1. The maximum absolute atomic E-state index is 14.2. The molecule has 0 unspecified atom stereocenters. The minimum Gasteiger partial charge on any atom is -0.488 e. The molecule has 0 fully saturated rings. The molecule has 0 amide bonds. The van der Waals surface area contributed by atoms with Crippen molar-refractivity contribution in [3.05, 3.63) is 123 Å². The van der Waals surface area contributed by atoms with Crippen LogP contribution in [0.15, 0.2) is 99.2 Å². The largest absolute Gasteiger partial charge is 0.488 e. The molecule has 44 heavy (non-hydrogen) atoms. The van der Waals surface area contributed by atoms with Crippen molar-refractivity contribution in [2.45, 2.75) is 52.2 Å². The zero-order valence-electron chi connectivity index (χ0n) is 24.7. The summed E-state index contributed by atoms with van der Waals surface area (Å²) < 4.78 is 14.1. The number of hydrogen-bond donors (Lipinski definition) is 2. The molecular weight excluding hydrogens is 558 g/mol. The first-order valence-corrected chi connectivity index (χ1v) is 14.6. The number of aliphatic hydroxyl groups is 1. The van der Waals surface area contributed by atoms with Gasteiger partial charge in [-0.15, -0.1) is 0 Å². The van der Waals surface area contributed by atoms with Crippen LogP contribution in [0.1, 0.15) is 44.0 Å². The Bertz CT molecular complexity index is 2020. The van der Waals surface area contributed by atoms with Crippen molar-refractivity contribution in [2.75, 3.05) is 0 Å². The van der Waals surface area contributed by atoms with Gasteiger partial charge in [-0.1, -0.05) is 67.0 Å². The van der Waals surface area contributed by atoms with Crippen LogP contribution in [0.3, 0.4) is 0 Å². The summed E-state index contributed by atoms with van der Waals surface area (Å²) in [5.41, 5.74) is 6.41. The fourth-order valence-corrected chi connectivity index (χ4v) is 5.37. The molecule has 0 saturated carbocycles. The molecule has 2 atom stereocenters. The molecule has 0 bridgehead atoms. The second-order valence-corrected chi connectivity index (χ2v) is 10.8. The number of nitrogens with one attached hydrogen (secondary N) is 1. The molecular formula is C34H33N5O5. The van der Waals surface area contributed by atoms with E-state index >= 15 is 0 Å². The van der Waals surface area contributed by atoms with Gasteiger partial charge in [-0.2, -0.15) is 5.10 Å². The molecule has 10 nitrogen and oxygen atoms in total. The summed E-state index contributed by atoms with van der Waals surface area (Å²) in [6.07, 6.45) is 2.73. The van der Waals surface area contributed by atoms with Crippen molar-refractivity contribution in [3.63, 3.8) is 0 Å². The van der Waals surface area contributed by atoms with Crippen molar-refractivity contribution in [3.8, 4) is 34.0 Å². The number of hydrogen-bond acceptors (Lipinski definition) is 7. The fourth-order valence-electron chi connectivity index (χ4n) is 5.37. The van der Waals surface area contributed by atoms with Gasteiger partial charge in [0.25, 0.3) is 5.56 Å². The number of nitrogens with zero attached hydrogens (tertiary/aromatic N) is 4. The molecule has 2 N–H and O–H groups in total. The summed E-state index contributed by atoms with van der Waals surface area (Å²) in [7, 11) is 0. The van der Waals surface area contributed by atoms with Crippen LogP contribution in [0.25, 0.3) is 33.8 Å². The van der Waals surface area contributed by atoms with Gasteiger partial charge in [0.2, 0.25) is 0 Å². The summed E-state index contributed by atoms with van der Waals surface area (Å²) in [6.45, 7) is 5.58. The predicted molar refractivity (Wildman–Crippen MR) is 167 cm³/mol. The van der Waals surface area contributed by atoms with Crippen LogP contribution in [0.5, 0.6) is 5.75 Å². The molecule has 0 spiro atoms. The van der Waals surface area contributed by atoms with Gasteiger partial charge in [0.1, 0.15) is 17.5 Å². The number of aryl methyl sites for hydroxylation is 1. The van der Waals surface area contributed by atoms with Crippen molar-refractivity contribution in [1.82, 2.24) is 24.3 Å². The molecule has 3 aromatic heterocycles. The smallest absolute Gasteiger partial charge is 0.439 e. The van der Waals surface area contributed by atoms with Crippen LogP contribution in [-0.4, -0.2) is 41.6 Å². The summed E-state index contributed by atoms with van der Waals surface area (Å²) in [5, 5.41) is 18.3. The Balaban J connectivity index is 1.37. The highest BCUT2D eigenvalue weighted by Crippen LogP contribution is 2.30. The molecule has 0 radical (unpaired) electrons. The molecule has 0 aliphatic carbocycles. The monoisotopic (exact) mass is 591 g/mol. The van der Waals surface area contributed by atoms with Crippen molar-refractivity contribution < 1.29 is 14.4 Å². The first-order valence-electron chi connectivity index (χ1n) is 14.6. The predicted octanol–water partition coefficient (Wildman–Crippen LogP) is 5.19. The minimum atomic E-state index is -0.611. The highest BCUT2D eigenvalue weighted by Gasteiger charge is 2.20. The Hall–Kier alpha value is -5.22. The second-order valence-electron chi connectivity index (χ2n) is 10.8. The topological polar surface area (TPSA) is 128 Å². The number of rotatable bonds is 10. The summed E-state index contributed by atoms with van der Waals surface area (Å²) >= 11 is 0. The lowest BCUT2D eigenvalue weighted by Crippen LogP contribution is -2.28. The standard InChI is InChI=1S/C34H33N5O5/c1-4-7-30-29(20-23-10-12-24(13-11-23)27-8-5-6-9-28(27)32-36-34(42)44-37-32)33(41)38(31-18-19-35-39(30)31)25-14-16-26(17-15-25)43-22(3)21(2)40/h5-6,8-19,21-22,40H,4,7,20H2,1-3H3,(H,36,37,42)/t21-,22+/m0/s1. The Labute approximate surface area is 253 Å². The molecule has 3 heterocycles. The number of fused-ring (bicyclic) bond motifs is 1. The Morgan fingerprint density at radius 2 is 1.68 bits per heavy atom. The molecule has 10 heteroatoms. The van der Waals surface area contributed by atoms with Gasteiger partial charge < -0.3 is 9.84 Å². The van der Waals surface area contributed by atoms with E-state index in [0.717, 1.165) is 34.4 Å². The van der Waals surface area contributed by atoms with Crippen LogP contribution in [-0.2, 0) is 12.8 Å². The van der Waals surface area contributed by atoms with E-state index < -0.39 is 11.9 Å². The average Bonchev–Trinajstić information content (AvgIpc) is 3.69. The zero-order valence-corrected chi connectivity index (χ0v) is 24.7. The number of ether oxygens (including phenoxy) is 1. The SMILES string of the molecule is CCCc1c(Cc2ccc(-c3ccccc3-c3noc(=O)[nH]3)cc2)c(=O)n(-c2ccc(O[C@H](C)[C@H](C)O)cc2)c2ccnn12. The van der Waals surface area contributed by atoms with E-state index in [2.05, 4.69) is 22.2 Å². The van der Waals surface area contributed by atoms with E-state index in [4.69, 9.17) is 9.26 Å². The van der Waals surface area contributed by atoms with Crippen LogP contribution in [0, 0.1) is 0 Å². The lowest BCUT2D eigenvalue weighted by molar-refractivity contribution is 0.0604. The maximum atomic E-state index is 14.2. The first kappa shape index (κ1) is 28.9. The molecule has 6 rings (SSSR count). The lowest BCUT2D eigenvalue weighted by atomic mass is 9.96.